The molecule has 0 amide bonds. The van der Waals surface area contributed by atoms with Crippen LogP contribution in [-0.2, 0) is 0 Å². The molecule has 0 spiro atoms. The summed E-state index contributed by atoms with van der Waals surface area (Å²) >= 11 is 0. The number of anilines is 1. The summed E-state index contributed by atoms with van der Waals surface area (Å²) < 4.78 is 0. The molecule has 0 saturated carbocycles. The Labute approximate surface area is 109 Å². The van der Waals surface area contributed by atoms with Crippen LogP contribution in [0.4, 0.5) is 5.69 Å². The Balaban J connectivity index is 2.04. The molecule has 18 heavy (non-hydrogen) atoms. The van der Waals surface area contributed by atoms with E-state index in [9.17, 15) is 0 Å². The van der Waals surface area contributed by atoms with Gasteiger partial charge in [0.05, 0.1) is 0 Å². The quantitative estimate of drug-likeness (QED) is 0.743. The summed E-state index contributed by atoms with van der Waals surface area (Å²) in [5.41, 5.74) is 2.70. The van der Waals surface area contributed by atoms with E-state index in [0.29, 0.717) is 18.2 Å². The van der Waals surface area contributed by atoms with E-state index in [1.165, 1.54) is 11.3 Å². The maximum absolute atomic E-state index is 2.53. The highest BCUT2D eigenvalue weighted by Gasteiger charge is 2.40. The van der Waals surface area contributed by atoms with Gasteiger partial charge in [-0.3, -0.25) is 0 Å². The summed E-state index contributed by atoms with van der Waals surface area (Å²) in [6.45, 7) is 6.81. The van der Waals surface area contributed by atoms with Gasteiger partial charge in [-0.25, -0.2) is 0 Å². The van der Waals surface area contributed by atoms with Gasteiger partial charge < -0.3 is 9.80 Å². The van der Waals surface area contributed by atoms with Crippen LogP contribution in [0.15, 0.2) is 48.7 Å². The van der Waals surface area contributed by atoms with Gasteiger partial charge in [0.2, 0.25) is 0 Å². The Morgan fingerprint density at radius 1 is 1.00 bits per heavy atom. The molecule has 2 heteroatoms. The molecule has 2 nitrogen and oxygen atoms in total. The first-order valence-corrected chi connectivity index (χ1v) is 6.66. The summed E-state index contributed by atoms with van der Waals surface area (Å²) in [6.07, 6.45) is 9.13. The van der Waals surface area contributed by atoms with Crippen molar-refractivity contribution in [3.05, 3.63) is 54.3 Å². The number of benzene rings is 1. The van der Waals surface area contributed by atoms with E-state index >= 15 is 0 Å². The van der Waals surface area contributed by atoms with E-state index in [4.69, 9.17) is 0 Å². The Morgan fingerprint density at radius 3 is 2.56 bits per heavy atom. The molecule has 1 saturated heterocycles. The molecule has 3 rings (SSSR count). The molecule has 0 bridgehead atoms. The van der Waals surface area contributed by atoms with Crippen LogP contribution >= 0.6 is 0 Å². The Bertz CT molecular complexity index is 504. The fourth-order valence-corrected chi connectivity index (χ4v) is 3.05. The number of fused-ring (bicyclic) bond motifs is 1. The molecule has 2 aliphatic rings. The second-order valence-electron chi connectivity index (χ2n) is 5.26. The van der Waals surface area contributed by atoms with Crippen molar-refractivity contribution in [3.8, 4) is 0 Å². The SMILES string of the molecule is Cc1ccccc1N1C2C=CC=CN2C(C)[C@@H]1C. The number of hydrogen-bond donors (Lipinski definition) is 0. The molecule has 2 heterocycles. The van der Waals surface area contributed by atoms with Crippen LogP contribution in [-0.4, -0.2) is 23.1 Å². The van der Waals surface area contributed by atoms with E-state index in [-0.39, 0.29) is 0 Å². The van der Waals surface area contributed by atoms with E-state index < -0.39 is 0 Å². The zero-order valence-electron chi connectivity index (χ0n) is 11.2. The fraction of sp³-hybridized carbons (Fsp3) is 0.375. The van der Waals surface area contributed by atoms with Gasteiger partial charge in [-0.2, -0.15) is 0 Å². The molecule has 0 aromatic heterocycles. The lowest BCUT2D eigenvalue weighted by atomic mass is 10.1. The summed E-state index contributed by atoms with van der Waals surface area (Å²) in [5.74, 6) is 0. The average molecular weight is 240 g/mol. The van der Waals surface area contributed by atoms with Crippen molar-refractivity contribution >= 4 is 5.69 Å². The second kappa shape index (κ2) is 4.20. The van der Waals surface area contributed by atoms with E-state index in [1.807, 2.05) is 0 Å². The molecule has 0 N–H and O–H groups in total. The normalized spacial score (nSPS) is 29.8. The molecule has 2 aliphatic heterocycles. The number of nitrogens with zero attached hydrogens (tertiary/aromatic N) is 2. The first kappa shape index (κ1) is 11.4. The average Bonchev–Trinajstić information content (AvgIpc) is 2.64. The van der Waals surface area contributed by atoms with Gasteiger partial charge in [0.25, 0.3) is 0 Å². The Morgan fingerprint density at radius 2 is 1.78 bits per heavy atom. The lowest BCUT2D eigenvalue weighted by Crippen LogP contribution is -2.38. The second-order valence-corrected chi connectivity index (χ2v) is 5.26. The third-order valence-electron chi connectivity index (χ3n) is 4.24. The van der Waals surface area contributed by atoms with E-state index in [0.717, 1.165) is 0 Å². The monoisotopic (exact) mass is 240 g/mol. The van der Waals surface area contributed by atoms with Crippen LogP contribution in [0.3, 0.4) is 0 Å². The van der Waals surface area contributed by atoms with Gasteiger partial charge in [0.15, 0.2) is 0 Å². The molecular weight excluding hydrogens is 220 g/mol. The largest absolute Gasteiger partial charge is 0.349 e. The van der Waals surface area contributed by atoms with E-state index in [1.54, 1.807) is 0 Å². The van der Waals surface area contributed by atoms with Gasteiger partial charge in [-0.05, 0) is 44.6 Å². The predicted molar refractivity (Wildman–Crippen MR) is 76.5 cm³/mol. The van der Waals surface area contributed by atoms with Gasteiger partial charge >= 0.3 is 0 Å². The van der Waals surface area contributed by atoms with Gasteiger partial charge in [0, 0.05) is 24.0 Å². The minimum atomic E-state index is 0.362. The van der Waals surface area contributed by atoms with Crippen LogP contribution in [0, 0.1) is 6.92 Å². The third-order valence-corrected chi connectivity index (χ3v) is 4.24. The molecule has 94 valence electrons. The number of allylic oxidation sites excluding steroid dienone is 2. The molecule has 0 radical (unpaired) electrons. The van der Waals surface area contributed by atoms with Crippen LogP contribution in [0.5, 0.6) is 0 Å². The summed E-state index contributed by atoms with van der Waals surface area (Å²) in [4.78, 5) is 4.97. The highest BCUT2D eigenvalue weighted by molar-refractivity contribution is 5.57. The van der Waals surface area contributed by atoms with Gasteiger partial charge in [0.1, 0.15) is 6.17 Å². The Kier molecular flexibility index (Phi) is 2.66. The van der Waals surface area contributed by atoms with Crippen molar-refractivity contribution in [1.29, 1.82) is 0 Å². The summed E-state index contributed by atoms with van der Waals surface area (Å²) in [7, 11) is 0. The van der Waals surface area contributed by atoms with Crippen molar-refractivity contribution in [1.82, 2.24) is 4.90 Å². The molecule has 3 atom stereocenters. The number of rotatable bonds is 1. The van der Waals surface area contributed by atoms with E-state index in [2.05, 4.69) is 79.3 Å². The molecule has 0 aliphatic carbocycles. The zero-order valence-corrected chi connectivity index (χ0v) is 11.2. The molecule has 1 aromatic carbocycles. The minimum Gasteiger partial charge on any atom is -0.349 e. The maximum atomic E-state index is 2.53. The standard InChI is InChI=1S/C16H20N2/c1-12-8-4-5-9-15(12)18-14(3)13(2)17-11-7-6-10-16(17)18/h4-11,13-14,16H,1-3H3/t13?,14-,16?/m0/s1. The van der Waals surface area contributed by atoms with Gasteiger partial charge in [-0.15, -0.1) is 0 Å². The maximum Gasteiger partial charge on any atom is 0.121 e. The highest BCUT2D eigenvalue weighted by atomic mass is 15.4. The van der Waals surface area contributed by atoms with Crippen molar-refractivity contribution in [2.45, 2.75) is 39.0 Å². The number of para-hydroxylation sites is 1. The third kappa shape index (κ3) is 1.56. The van der Waals surface area contributed by atoms with Crippen LogP contribution < -0.4 is 4.90 Å². The lowest BCUT2D eigenvalue weighted by Gasteiger charge is -2.32. The van der Waals surface area contributed by atoms with Crippen molar-refractivity contribution < 1.29 is 0 Å². The summed E-state index contributed by atoms with van der Waals surface area (Å²) in [5, 5.41) is 0. The van der Waals surface area contributed by atoms with Crippen molar-refractivity contribution in [2.75, 3.05) is 4.90 Å². The Hall–Kier alpha value is -1.70. The number of aryl methyl sites for hydroxylation is 1. The predicted octanol–water partition coefficient (Wildman–Crippen LogP) is 3.30. The lowest BCUT2D eigenvalue weighted by molar-refractivity contribution is 0.317. The molecule has 2 unspecified atom stereocenters. The zero-order chi connectivity index (χ0) is 12.7. The molecule has 1 fully saturated rings. The smallest absolute Gasteiger partial charge is 0.121 e. The fourth-order valence-electron chi connectivity index (χ4n) is 3.05. The van der Waals surface area contributed by atoms with Crippen LogP contribution in [0.2, 0.25) is 0 Å². The first-order valence-electron chi connectivity index (χ1n) is 6.66. The van der Waals surface area contributed by atoms with Crippen LogP contribution in [0.25, 0.3) is 0 Å². The first-order chi connectivity index (χ1) is 8.70. The molecular formula is C16H20N2. The topological polar surface area (TPSA) is 6.48 Å². The van der Waals surface area contributed by atoms with Crippen molar-refractivity contribution in [2.24, 2.45) is 0 Å². The van der Waals surface area contributed by atoms with Crippen LogP contribution in [0.1, 0.15) is 19.4 Å². The van der Waals surface area contributed by atoms with Crippen molar-refractivity contribution in [3.63, 3.8) is 0 Å². The minimum absolute atomic E-state index is 0.362. The highest BCUT2D eigenvalue weighted by Crippen LogP contribution is 2.35. The molecule has 1 aromatic rings. The number of hydrogen-bond acceptors (Lipinski definition) is 2. The summed E-state index contributed by atoms with van der Waals surface area (Å²) in [6, 6.07) is 9.72. The van der Waals surface area contributed by atoms with Gasteiger partial charge in [-0.1, -0.05) is 24.3 Å².